The first-order chi connectivity index (χ1) is 10.6. The second-order valence-corrected chi connectivity index (χ2v) is 6.60. The zero-order valence-electron chi connectivity index (χ0n) is 13.2. The summed E-state index contributed by atoms with van der Waals surface area (Å²) in [6.07, 6.45) is 3.92. The Morgan fingerprint density at radius 2 is 2.09 bits per heavy atom. The van der Waals surface area contributed by atoms with Gasteiger partial charge in [-0.05, 0) is 42.4 Å². The molecule has 3 rings (SSSR count). The first-order valence-electron chi connectivity index (χ1n) is 7.67. The standard InChI is InChI=1S/C17H22N4S/c1-12(2)11-21-16(14-8-6-10-20(14)3)15(19-17(21)22)13-7-4-5-9-18-13/h4-10,12,15-16H,11H2,1-3H3,(H,19,22)/t15-,16-/m0/s1. The van der Waals surface area contributed by atoms with E-state index in [1.54, 1.807) is 0 Å². The Kier molecular flexibility index (Phi) is 4.16. The summed E-state index contributed by atoms with van der Waals surface area (Å²) in [6, 6.07) is 10.5. The molecule has 2 aromatic heterocycles. The number of nitrogens with zero attached hydrogens (tertiary/aromatic N) is 3. The minimum atomic E-state index is 0.0843. The van der Waals surface area contributed by atoms with E-state index in [9.17, 15) is 0 Å². The van der Waals surface area contributed by atoms with Gasteiger partial charge in [-0.2, -0.15) is 0 Å². The second-order valence-electron chi connectivity index (χ2n) is 6.22. The molecule has 1 aliphatic rings. The quantitative estimate of drug-likeness (QED) is 0.879. The van der Waals surface area contributed by atoms with E-state index in [4.69, 9.17) is 12.2 Å². The minimum Gasteiger partial charge on any atom is -0.353 e. The van der Waals surface area contributed by atoms with Crippen LogP contribution in [-0.4, -0.2) is 26.1 Å². The monoisotopic (exact) mass is 314 g/mol. The third-order valence-electron chi connectivity index (χ3n) is 4.05. The van der Waals surface area contributed by atoms with Crippen molar-refractivity contribution in [1.29, 1.82) is 0 Å². The van der Waals surface area contributed by atoms with E-state index < -0.39 is 0 Å². The molecule has 0 amide bonds. The lowest BCUT2D eigenvalue weighted by molar-refractivity contribution is 0.278. The van der Waals surface area contributed by atoms with E-state index >= 15 is 0 Å². The lowest BCUT2D eigenvalue weighted by Gasteiger charge is -2.29. The van der Waals surface area contributed by atoms with Crippen LogP contribution >= 0.6 is 12.2 Å². The number of thiocarbonyl (C=S) groups is 1. The van der Waals surface area contributed by atoms with E-state index in [1.165, 1.54) is 5.69 Å². The van der Waals surface area contributed by atoms with Crippen LogP contribution in [0.15, 0.2) is 42.7 Å². The van der Waals surface area contributed by atoms with Gasteiger partial charge in [-0.25, -0.2) is 0 Å². The fourth-order valence-electron chi connectivity index (χ4n) is 3.10. The highest BCUT2D eigenvalue weighted by Crippen LogP contribution is 2.38. The molecule has 2 aromatic rings. The average molecular weight is 314 g/mol. The summed E-state index contributed by atoms with van der Waals surface area (Å²) >= 11 is 5.61. The number of aromatic nitrogens is 2. The predicted molar refractivity (Wildman–Crippen MR) is 92.4 cm³/mol. The van der Waals surface area contributed by atoms with Gasteiger partial charge in [-0.1, -0.05) is 19.9 Å². The zero-order valence-corrected chi connectivity index (χ0v) is 14.0. The fourth-order valence-corrected chi connectivity index (χ4v) is 3.41. The SMILES string of the molecule is CC(C)CN1C(=S)N[C@@H](c2ccccn2)[C@@H]1c1cccn1C. The molecule has 0 bridgehead atoms. The molecular weight excluding hydrogens is 292 g/mol. The van der Waals surface area contributed by atoms with Crippen LogP contribution in [0.2, 0.25) is 0 Å². The largest absolute Gasteiger partial charge is 0.353 e. The lowest BCUT2D eigenvalue weighted by Crippen LogP contribution is -2.33. The molecule has 1 aliphatic heterocycles. The minimum absolute atomic E-state index is 0.0843. The van der Waals surface area contributed by atoms with E-state index in [-0.39, 0.29) is 12.1 Å². The van der Waals surface area contributed by atoms with Crippen molar-refractivity contribution in [2.24, 2.45) is 13.0 Å². The summed E-state index contributed by atoms with van der Waals surface area (Å²) in [5.74, 6) is 0.546. The number of pyridine rings is 1. The van der Waals surface area contributed by atoms with Gasteiger partial charge in [0.2, 0.25) is 0 Å². The van der Waals surface area contributed by atoms with E-state index in [2.05, 4.69) is 65.1 Å². The smallest absolute Gasteiger partial charge is 0.170 e. The molecule has 116 valence electrons. The van der Waals surface area contributed by atoms with Crippen molar-refractivity contribution >= 4 is 17.3 Å². The van der Waals surface area contributed by atoms with Gasteiger partial charge in [-0.15, -0.1) is 0 Å². The third-order valence-corrected chi connectivity index (χ3v) is 4.40. The molecule has 2 atom stereocenters. The average Bonchev–Trinajstić information content (AvgIpc) is 3.04. The van der Waals surface area contributed by atoms with Gasteiger partial charge in [0, 0.05) is 31.7 Å². The van der Waals surface area contributed by atoms with Crippen LogP contribution in [0, 0.1) is 5.92 Å². The van der Waals surface area contributed by atoms with Crippen molar-refractivity contribution < 1.29 is 0 Å². The summed E-state index contributed by atoms with van der Waals surface area (Å²) in [5.41, 5.74) is 2.28. The Labute approximate surface area is 137 Å². The Bertz CT molecular complexity index is 650. The summed E-state index contributed by atoms with van der Waals surface area (Å²) in [6.45, 7) is 5.38. The Morgan fingerprint density at radius 3 is 2.68 bits per heavy atom. The molecule has 1 saturated heterocycles. The molecule has 0 saturated carbocycles. The summed E-state index contributed by atoms with van der Waals surface area (Å²) in [5, 5.41) is 4.29. The van der Waals surface area contributed by atoms with Crippen LogP contribution in [0.25, 0.3) is 0 Å². The molecule has 3 heterocycles. The summed E-state index contributed by atoms with van der Waals surface area (Å²) < 4.78 is 2.17. The van der Waals surface area contributed by atoms with E-state index in [0.717, 1.165) is 17.4 Å². The summed E-state index contributed by atoms with van der Waals surface area (Å²) in [4.78, 5) is 6.84. The first-order valence-corrected chi connectivity index (χ1v) is 8.08. The molecule has 0 unspecified atom stereocenters. The van der Waals surface area contributed by atoms with Crippen molar-refractivity contribution in [3.8, 4) is 0 Å². The molecule has 0 aromatic carbocycles. The van der Waals surface area contributed by atoms with Crippen molar-refractivity contribution in [2.45, 2.75) is 25.9 Å². The Hall–Kier alpha value is -1.88. The van der Waals surface area contributed by atoms with E-state index in [1.807, 2.05) is 18.3 Å². The van der Waals surface area contributed by atoms with E-state index in [0.29, 0.717) is 5.92 Å². The highest BCUT2D eigenvalue weighted by atomic mass is 32.1. The fraction of sp³-hybridized carbons (Fsp3) is 0.412. The lowest BCUT2D eigenvalue weighted by atomic mass is 10.0. The first kappa shape index (κ1) is 15.0. The van der Waals surface area contributed by atoms with Gasteiger partial charge >= 0.3 is 0 Å². The van der Waals surface area contributed by atoms with Crippen LogP contribution in [0.1, 0.15) is 37.3 Å². The Morgan fingerprint density at radius 1 is 1.27 bits per heavy atom. The van der Waals surface area contributed by atoms with Crippen molar-refractivity contribution in [2.75, 3.05) is 6.54 Å². The van der Waals surface area contributed by atoms with Crippen molar-refractivity contribution in [3.63, 3.8) is 0 Å². The molecule has 1 N–H and O–H groups in total. The van der Waals surface area contributed by atoms with Crippen LogP contribution in [0.4, 0.5) is 0 Å². The van der Waals surface area contributed by atoms with Crippen LogP contribution in [0.3, 0.4) is 0 Å². The Balaban J connectivity index is 2.02. The van der Waals surface area contributed by atoms with Crippen molar-refractivity contribution in [3.05, 3.63) is 54.1 Å². The number of aryl methyl sites for hydroxylation is 1. The van der Waals surface area contributed by atoms with Crippen LogP contribution in [0.5, 0.6) is 0 Å². The van der Waals surface area contributed by atoms with Gasteiger partial charge in [0.05, 0.1) is 17.8 Å². The maximum atomic E-state index is 5.61. The normalized spacial score (nSPS) is 21.5. The number of hydrogen-bond donors (Lipinski definition) is 1. The molecule has 0 aliphatic carbocycles. The molecule has 1 fully saturated rings. The van der Waals surface area contributed by atoms with Crippen LogP contribution < -0.4 is 5.32 Å². The molecule has 22 heavy (non-hydrogen) atoms. The highest BCUT2D eigenvalue weighted by Gasteiger charge is 2.40. The molecule has 0 spiro atoms. The molecule has 0 radical (unpaired) electrons. The maximum Gasteiger partial charge on any atom is 0.170 e. The van der Waals surface area contributed by atoms with Gasteiger partial charge < -0.3 is 14.8 Å². The molecule has 5 heteroatoms. The second kappa shape index (κ2) is 6.08. The van der Waals surface area contributed by atoms with Gasteiger partial charge in [0.1, 0.15) is 0 Å². The van der Waals surface area contributed by atoms with Crippen molar-refractivity contribution in [1.82, 2.24) is 19.8 Å². The van der Waals surface area contributed by atoms with Crippen LogP contribution in [-0.2, 0) is 7.05 Å². The third kappa shape index (κ3) is 2.73. The topological polar surface area (TPSA) is 33.1 Å². The maximum absolute atomic E-state index is 5.61. The van der Waals surface area contributed by atoms with Gasteiger partial charge in [0.25, 0.3) is 0 Å². The number of rotatable bonds is 4. The highest BCUT2D eigenvalue weighted by molar-refractivity contribution is 7.80. The molecular formula is C17H22N4S. The number of hydrogen-bond acceptors (Lipinski definition) is 2. The summed E-state index contributed by atoms with van der Waals surface area (Å²) in [7, 11) is 2.08. The molecule has 4 nitrogen and oxygen atoms in total. The number of nitrogens with one attached hydrogen (secondary N) is 1. The van der Waals surface area contributed by atoms with Gasteiger partial charge in [0.15, 0.2) is 5.11 Å². The predicted octanol–water partition coefficient (Wildman–Crippen LogP) is 3.05. The van der Waals surface area contributed by atoms with Gasteiger partial charge in [-0.3, -0.25) is 4.98 Å². The zero-order chi connectivity index (χ0) is 15.7.